The van der Waals surface area contributed by atoms with Crippen LogP contribution < -0.4 is 24.4 Å². The van der Waals surface area contributed by atoms with Gasteiger partial charge in [0.25, 0.3) is 5.91 Å². The summed E-state index contributed by atoms with van der Waals surface area (Å²) in [6.07, 6.45) is -4.09. The number of hydrogen-bond acceptors (Lipinski definition) is 8. The monoisotopic (exact) mass is 668 g/mol. The van der Waals surface area contributed by atoms with Crippen LogP contribution in [-0.2, 0) is 24.8 Å². The van der Waals surface area contributed by atoms with Gasteiger partial charge in [0.2, 0.25) is 0 Å². The fraction of sp³-hybridized carbons (Fsp3) is 0.333. The molecule has 1 aliphatic heterocycles. The molecule has 1 aliphatic carbocycles. The van der Waals surface area contributed by atoms with Crippen molar-refractivity contribution < 1.29 is 50.5 Å². The molecule has 0 aromatic heterocycles. The Kier molecular flexibility index (Phi) is 8.57. The molecule has 5 rings (SSSR count). The minimum atomic E-state index is -4.94. The van der Waals surface area contributed by atoms with Gasteiger partial charge in [0.15, 0.2) is 9.84 Å². The summed E-state index contributed by atoms with van der Waals surface area (Å²) in [4.78, 5) is 26.7. The fourth-order valence-corrected chi connectivity index (χ4v) is 6.88. The topological polar surface area (TPSA) is 131 Å². The van der Waals surface area contributed by atoms with Crippen LogP contribution in [0.3, 0.4) is 0 Å². The normalized spacial score (nSPS) is 15.7. The number of alkyl halides is 3. The van der Waals surface area contributed by atoms with Crippen molar-refractivity contribution in [3.63, 3.8) is 0 Å². The van der Waals surface area contributed by atoms with Crippen molar-refractivity contribution in [2.75, 3.05) is 36.7 Å². The number of nitrogens with one attached hydrogen (secondary N) is 1. The van der Waals surface area contributed by atoms with E-state index >= 15 is 0 Å². The minimum Gasteiger partial charge on any atom is -0.497 e. The number of nitrogens with zero attached hydrogens (tertiary/aromatic N) is 1. The lowest BCUT2D eigenvalue weighted by atomic mass is 9.99. The van der Waals surface area contributed by atoms with Crippen molar-refractivity contribution in [1.82, 2.24) is 0 Å². The first-order chi connectivity index (χ1) is 21.1. The number of carboxylic acid groups (broad SMARTS) is 1. The summed E-state index contributed by atoms with van der Waals surface area (Å²) in [6.45, 7) is 0.206. The highest BCUT2D eigenvalue weighted by molar-refractivity contribution is 7.91. The minimum absolute atomic E-state index is 0.112. The van der Waals surface area contributed by atoms with Crippen molar-refractivity contribution in [2.45, 2.75) is 42.0 Å². The van der Waals surface area contributed by atoms with Gasteiger partial charge in [0.1, 0.15) is 23.3 Å². The molecule has 3 aromatic rings. The van der Waals surface area contributed by atoms with E-state index in [-0.39, 0.29) is 34.3 Å². The Morgan fingerprint density at radius 3 is 2.40 bits per heavy atom. The van der Waals surface area contributed by atoms with Gasteiger partial charge in [-0.05, 0) is 48.7 Å². The number of aliphatic carboxylic acids is 1. The van der Waals surface area contributed by atoms with Crippen LogP contribution in [0.2, 0.25) is 5.02 Å². The molecule has 2 N–H and O–H groups in total. The van der Waals surface area contributed by atoms with E-state index in [0.29, 0.717) is 10.6 Å². The van der Waals surface area contributed by atoms with Crippen molar-refractivity contribution >= 4 is 44.7 Å². The summed E-state index contributed by atoms with van der Waals surface area (Å²) >= 11 is 6.19. The number of carbonyl (C=O) groups is 2. The van der Waals surface area contributed by atoms with Gasteiger partial charge in [0.05, 0.1) is 37.0 Å². The molecule has 10 nitrogen and oxygen atoms in total. The standard InChI is InChI=1S/C30H28ClF3N2O8S/c1-42-20-12-18(13-21(14-20)45(40,41)10-7-26(37)38)35-27(22-5-3-17(31)11-25(22)43-2)28(39)36-16-29(8-9-29)23-6-4-19(15-24(23)36)44-30(32,33)34/h3-6,11-15,27,35H,7-10,16H2,1-2H3,(H,37,38). The number of hydrogen-bond donors (Lipinski definition) is 2. The average Bonchev–Trinajstić information content (AvgIpc) is 3.69. The fourth-order valence-electron chi connectivity index (χ4n) is 5.44. The number of ether oxygens (including phenoxy) is 3. The number of rotatable bonds is 11. The smallest absolute Gasteiger partial charge is 0.497 e. The van der Waals surface area contributed by atoms with Crippen LogP contribution in [0.25, 0.3) is 0 Å². The van der Waals surface area contributed by atoms with Crippen molar-refractivity contribution in [1.29, 1.82) is 0 Å². The molecule has 45 heavy (non-hydrogen) atoms. The number of fused-ring (bicyclic) bond motifs is 2. The zero-order valence-electron chi connectivity index (χ0n) is 24.0. The van der Waals surface area contributed by atoms with Crippen LogP contribution in [0.15, 0.2) is 59.5 Å². The maximum absolute atomic E-state index is 14.5. The van der Waals surface area contributed by atoms with E-state index in [1.165, 1.54) is 67.7 Å². The number of anilines is 2. The third-order valence-electron chi connectivity index (χ3n) is 7.77. The molecule has 1 fully saturated rings. The highest BCUT2D eigenvalue weighted by Crippen LogP contribution is 2.57. The van der Waals surface area contributed by atoms with Crippen LogP contribution in [0.1, 0.15) is 36.4 Å². The van der Waals surface area contributed by atoms with Crippen molar-refractivity contribution in [3.8, 4) is 17.2 Å². The van der Waals surface area contributed by atoms with Gasteiger partial charge in [-0.2, -0.15) is 0 Å². The molecule has 2 aliphatic rings. The van der Waals surface area contributed by atoms with Crippen LogP contribution in [0.4, 0.5) is 24.5 Å². The predicted molar refractivity (Wildman–Crippen MR) is 158 cm³/mol. The molecule has 1 saturated carbocycles. The van der Waals surface area contributed by atoms with Gasteiger partial charge < -0.3 is 29.5 Å². The summed E-state index contributed by atoms with van der Waals surface area (Å²) < 4.78 is 80.1. The second-order valence-electron chi connectivity index (χ2n) is 10.8. The number of amides is 1. The molecular weight excluding hydrogens is 641 g/mol. The van der Waals surface area contributed by atoms with Gasteiger partial charge in [-0.25, -0.2) is 8.42 Å². The lowest BCUT2D eigenvalue weighted by Crippen LogP contribution is -2.38. The van der Waals surface area contributed by atoms with E-state index in [1.54, 1.807) is 6.07 Å². The number of carbonyl (C=O) groups excluding carboxylic acids is 1. The maximum Gasteiger partial charge on any atom is 0.573 e. The van der Waals surface area contributed by atoms with Gasteiger partial charge in [-0.15, -0.1) is 13.2 Å². The average molecular weight is 669 g/mol. The van der Waals surface area contributed by atoms with E-state index in [9.17, 15) is 31.2 Å². The van der Waals surface area contributed by atoms with Crippen LogP contribution in [0.5, 0.6) is 17.2 Å². The van der Waals surface area contributed by atoms with Gasteiger partial charge in [0, 0.05) is 40.4 Å². The second kappa shape index (κ2) is 12.0. The molecule has 240 valence electrons. The number of carboxylic acids is 1. The lowest BCUT2D eigenvalue weighted by Gasteiger charge is -2.28. The number of benzene rings is 3. The molecule has 3 aromatic carbocycles. The first-order valence-electron chi connectivity index (χ1n) is 13.6. The van der Waals surface area contributed by atoms with Crippen LogP contribution in [0, 0.1) is 0 Å². The van der Waals surface area contributed by atoms with Crippen LogP contribution in [-0.4, -0.2) is 58.3 Å². The highest BCUT2D eigenvalue weighted by atomic mass is 35.5. The van der Waals surface area contributed by atoms with Crippen molar-refractivity contribution in [2.24, 2.45) is 0 Å². The van der Waals surface area contributed by atoms with E-state index in [1.807, 2.05) is 0 Å². The summed E-state index contributed by atoms with van der Waals surface area (Å²) in [7, 11) is -1.39. The molecule has 1 amide bonds. The molecule has 15 heteroatoms. The van der Waals surface area contributed by atoms with Crippen molar-refractivity contribution in [3.05, 3.63) is 70.7 Å². The van der Waals surface area contributed by atoms with Gasteiger partial charge in [-0.3, -0.25) is 9.59 Å². The molecule has 0 saturated heterocycles. The lowest BCUT2D eigenvalue weighted by molar-refractivity contribution is -0.274. The Hall–Kier alpha value is -4.17. The zero-order chi connectivity index (χ0) is 32.7. The molecule has 1 atom stereocenters. The van der Waals surface area contributed by atoms with E-state index in [2.05, 4.69) is 10.1 Å². The Balaban J connectivity index is 1.59. The zero-order valence-corrected chi connectivity index (χ0v) is 25.6. The molecule has 0 bridgehead atoms. The molecular formula is C30H28ClF3N2O8S. The molecule has 1 heterocycles. The summed E-state index contributed by atoms with van der Waals surface area (Å²) in [5.41, 5.74) is 1.03. The third kappa shape index (κ3) is 6.91. The van der Waals surface area contributed by atoms with Gasteiger partial charge in [-0.1, -0.05) is 23.7 Å². The molecule has 0 radical (unpaired) electrons. The summed E-state index contributed by atoms with van der Waals surface area (Å²) in [5, 5.41) is 12.4. The van der Waals surface area contributed by atoms with Gasteiger partial charge >= 0.3 is 12.3 Å². The maximum atomic E-state index is 14.5. The molecule has 1 spiro atoms. The Labute approximate surface area is 261 Å². The first kappa shape index (κ1) is 32.2. The quantitative estimate of drug-likeness (QED) is 0.263. The number of methoxy groups -OCH3 is 2. The highest BCUT2D eigenvalue weighted by Gasteiger charge is 2.54. The Morgan fingerprint density at radius 2 is 1.78 bits per heavy atom. The Morgan fingerprint density at radius 1 is 1.04 bits per heavy atom. The van der Waals surface area contributed by atoms with E-state index in [4.69, 9.17) is 26.2 Å². The first-order valence-corrected chi connectivity index (χ1v) is 15.6. The predicted octanol–water partition coefficient (Wildman–Crippen LogP) is 5.74. The van der Waals surface area contributed by atoms with Crippen LogP contribution >= 0.6 is 11.6 Å². The third-order valence-corrected chi connectivity index (χ3v) is 9.70. The van der Waals surface area contributed by atoms with E-state index < -0.39 is 57.5 Å². The number of halogens is 4. The number of sulfone groups is 1. The summed E-state index contributed by atoms with van der Waals surface area (Å²) in [5.74, 6) is -2.67. The molecule has 1 unspecified atom stereocenters. The second-order valence-corrected chi connectivity index (χ2v) is 13.3. The SMILES string of the molecule is COc1cc(NC(C(=O)N2CC3(CC3)c3ccc(OC(F)(F)F)cc32)c2ccc(Cl)cc2OC)cc(S(=O)(=O)CCC(=O)O)c1. The summed E-state index contributed by atoms with van der Waals surface area (Å²) in [6, 6.07) is 11.2. The van der Waals surface area contributed by atoms with E-state index in [0.717, 1.165) is 18.4 Å². The largest absolute Gasteiger partial charge is 0.573 e. The Bertz CT molecular complexity index is 1760.